The second kappa shape index (κ2) is 41.2. The van der Waals surface area contributed by atoms with Gasteiger partial charge in [0.2, 0.25) is 11.6 Å². The molecule has 0 bridgehead atoms. The highest BCUT2D eigenvalue weighted by Crippen LogP contribution is 2.74. The Morgan fingerprint density at radius 2 is 0.670 bits per heavy atom. The molecule has 7 rings (SSSR count). The lowest BCUT2D eigenvalue weighted by Crippen LogP contribution is -2.32. The molecule has 0 amide bonds. The van der Waals surface area contributed by atoms with E-state index in [0.717, 1.165) is 79.7 Å². The first kappa shape index (κ1) is 93.4. The Balaban J connectivity index is 0.000000611. The molecule has 1 fully saturated rings. The first-order valence-electron chi connectivity index (χ1n) is 34.5. The fourth-order valence-corrected chi connectivity index (χ4v) is 8.41. The van der Waals surface area contributed by atoms with Crippen LogP contribution in [0, 0.1) is 50.3 Å². The Kier molecular flexibility index (Phi) is 37.4. The van der Waals surface area contributed by atoms with Gasteiger partial charge >= 0.3 is 11.8 Å². The maximum atomic E-state index is 13.5. The van der Waals surface area contributed by atoms with E-state index in [1.54, 1.807) is 20.8 Å². The number of alkyl halides is 5. The quantitative estimate of drug-likeness (QED) is 0.0407. The van der Waals surface area contributed by atoms with Crippen LogP contribution in [0.25, 0.3) is 30.4 Å². The van der Waals surface area contributed by atoms with Gasteiger partial charge in [0, 0.05) is 5.41 Å². The van der Waals surface area contributed by atoms with Crippen molar-refractivity contribution in [2.75, 3.05) is 19.8 Å². The summed E-state index contributed by atoms with van der Waals surface area (Å²) in [5, 5.41) is 0. The third kappa shape index (κ3) is 35.2. The molecular formula is C88H119F9O6. The smallest absolute Gasteiger partial charge is 0.353 e. The molecule has 6 aromatic carbocycles. The summed E-state index contributed by atoms with van der Waals surface area (Å²) in [6, 6.07) is 40.8. The fraction of sp³-hybridized carbons (Fsp3) is 0.455. The van der Waals surface area contributed by atoms with Crippen molar-refractivity contribution in [3.05, 3.63) is 240 Å². The molecule has 0 atom stereocenters. The van der Waals surface area contributed by atoms with Crippen LogP contribution >= 0.6 is 0 Å². The van der Waals surface area contributed by atoms with Crippen LogP contribution in [0.3, 0.4) is 0 Å². The largest absolute Gasteiger partial charge is 0.493 e. The summed E-state index contributed by atoms with van der Waals surface area (Å²) < 4.78 is 149. The van der Waals surface area contributed by atoms with E-state index in [0.29, 0.717) is 37.9 Å². The van der Waals surface area contributed by atoms with E-state index in [1.165, 1.54) is 23.1 Å². The van der Waals surface area contributed by atoms with E-state index in [9.17, 15) is 39.5 Å². The first-order chi connectivity index (χ1) is 47.2. The number of ether oxygens (including phenoxy) is 6. The molecule has 570 valence electrons. The monoisotopic (exact) mass is 1440 g/mol. The molecule has 15 heteroatoms. The lowest BCUT2D eigenvalue weighted by Gasteiger charge is -2.22. The summed E-state index contributed by atoms with van der Waals surface area (Å²) >= 11 is 0. The number of rotatable bonds is 21. The molecule has 6 aromatic rings. The number of hydrogen-bond acceptors (Lipinski definition) is 6. The molecule has 0 N–H and O–H groups in total. The Bertz CT molecular complexity index is 3400. The number of benzene rings is 6. The average Bonchev–Trinajstić information content (AvgIpc) is 1.48. The van der Waals surface area contributed by atoms with Crippen LogP contribution in [0.2, 0.25) is 0 Å². The molecule has 103 heavy (non-hydrogen) atoms. The van der Waals surface area contributed by atoms with Gasteiger partial charge in [0.25, 0.3) is 5.67 Å². The van der Waals surface area contributed by atoms with Crippen molar-refractivity contribution in [3.63, 3.8) is 0 Å². The van der Waals surface area contributed by atoms with Crippen LogP contribution in [0.1, 0.15) is 208 Å². The minimum Gasteiger partial charge on any atom is -0.493 e. The summed E-state index contributed by atoms with van der Waals surface area (Å²) in [5.74, 6) is -14.4. The molecule has 0 unspecified atom stereocenters. The molecule has 0 heterocycles. The van der Waals surface area contributed by atoms with Crippen molar-refractivity contribution in [3.8, 4) is 17.2 Å². The zero-order valence-electron chi connectivity index (χ0n) is 65.5. The molecule has 0 aliphatic heterocycles. The van der Waals surface area contributed by atoms with Crippen molar-refractivity contribution < 1.29 is 67.9 Å². The summed E-state index contributed by atoms with van der Waals surface area (Å²) in [5.41, 5.74) is 3.26. The van der Waals surface area contributed by atoms with E-state index in [1.807, 2.05) is 124 Å². The maximum Gasteiger partial charge on any atom is 0.353 e. The van der Waals surface area contributed by atoms with Gasteiger partial charge in [0.15, 0.2) is 17.4 Å². The summed E-state index contributed by atoms with van der Waals surface area (Å²) in [6.07, 6.45) is 12.4. The molecule has 1 aliphatic carbocycles. The van der Waals surface area contributed by atoms with Gasteiger partial charge in [-0.3, -0.25) is 0 Å². The van der Waals surface area contributed by atoms with Crippen LogP contribution in [0.15, 0.2) is 167 Å². The highest BCUT2D eigenvalue weighted by atomic mass is 19.3. The second-order valence-corrected chi connectivity index (χ2v) is 32.8. The van der Waals surface area contributed by atoms with Crippen LogP contribution in [-0.2, 0) is 40.6 Å². The van der Waals surface area contributed by atoms with E-state index in [2.05, 4.69) is 171 Å². The molecule has 6 nitrogen and oxygen atoms in total. The molecule has 0 radical (unpaired) electrons. The summed E-state index contributed by atoms with van der Waals surface area (Å²) in [7, 11) is 0. The fourth-order valence-electron chi connectivity index (χ4n) is 8.41. The van der Waals surface area contributed by atoms with Gasteiger partial charge in [-0.25, -0.2) is 13.2 Å². The van der Waals surface area contributed by atoms with Crippen molar-refractivity contribution >= 4 is 30.4 Å². The molecular weight excluding hydrogens is 1320 g/mol. The van der Waals surface area contributed by atoms with Crippen molar-refractivity contribution in [1.29, 1.82) is 0 Å². The van der Waals surface area contributed by atoms with Crippen molar-refractivity contribution in [2.24, 2.45) is 27.1 Å². The normalized spacial score (nSPS) is 13.5. The van der Waals surface area contributed by atoms with E-state index in [4.69, 9.17) is 28.4 Å². The van der Waals surface area contributed by atoms with Gasteiger partial charge in [-0.15, -0.1) is 6.58 Å². The Labute approximate surface area is 613 Å². The first-order valence-corrected chi connectivity index (χ1v) is 34.5. The van der Waals surface area contributed by atoms with E-state index >= 15 is 0 Å². The van der Waals surface area contributed by atoms with Gasteiger partial charge in [-0.2, -0.15) is 26.3 Å². The molecule has 1 saturated carbocycles. The van der Waals surface area contributed by atoms with Crippen LogP contribution in [0.4, 0.5) is 39.5 Å². The van der Waals surface area contributed by atoms with Gasteiger partial charge in [-0.1, -0.05) is 270 Å². The van der Waals surface area contributed by atoms with Crippen molar-refractivity contribution in [1.82, 2.24) is 0 Å². The number of halogens is 9. The molecule has 1 aliphatic rings. The topological polar surface area (TPSA) is 55.4 Å². The van der Waals surface area contributed by atoms with Gasteiger partial charge in [0.05, 0.1) is 57.4 Å². The van der Waals surface area contributed by atoms with Crippen LogP contribution in [0.5, 0.6) is 17.2 Å². The Morgan fingerprint density at radius 1 is 0.350 bits per heavy atom. The van der Waals surface area contributed by atoms with Crippen molar-refractivity contribution in [2.45, 2.75) is 213 Å². The minimum atomic E-state index is -4.52. The minimum absolute atomic E-state index is 0.0723. The van der Waals surface area contributed by atoms with E-state index < -0.39 is 62.9 Å². The average molecular weight is 1440 g/mol. The molecule has 0 saturated heterocycles. The third-order valence-corrected chi connectivity index (χ3v) is 14.2. The van der Waals surface area contributed by atoms with Gasteiger partial charge in [-0.05, 0) is 145 Å². The standard InChI is InChI=1S/C20H24O2.C14H20O.C13H14F4O.2C13H18O.C8H16.C7H9F5/c1-5-16-6-8-17(9-7-16)14-21-15-18-10-12-19(13-11-18)22-20(2,3)4;1-5-12-6-8-13(9-7-12)10-15-11-14(2,3)4;1-5-7-8(14)10(16)12(11(17)9(7)15)18-6-13(2,3)4;1-5-11-6-8-12(9-7-11)14-10-13(2,3)4;1-5-11-6-8-12(9-7-11)10-14-13(2,3)4;1-5-6-7-8(2,3)4;1-4(2,3)5(8)6(9,10)7(5,11)12/h5-13H,1,14-15H2,2-4H3;5-9H,1,10-11H2,2-4H3;5H,1,6H2,2-4H3;2*5-9H,1,10H2,2-4H3;5H,1,6-7H2,2-4H3;1-3H3. The lowest BCUT2D eigenvalue weighted by molar-refractivity contribution is -0.0278. The van der Waals surface area contributed by atoms with Crippen LogP contribution in [-0.4, -0.2) is 48.5 Å². The van der Waals surface area contributed by atoms with Gasteiger partial charge in [0.1, 0.15) is 17.1 Å². The summed E-state index contributed by atoms with van der Waals surface area (Å²) in [4.78, 5) is 0. The lowest BCUT2D eigenvalue weighted by atomic mass is 9.87. The number of allylic oxidation sites excluding steroid dienone is 1. The highest BCUT2D eigenvalue weighted by Gasteiger charge is 3.01. The predicted molar refractivity (Wildman–Crippen MR) is 413 cm³/mol. The Hall–Kier alpha value is -7.59. The molecule has 0 spiro atoms. The molecule has 0 aromatic heterocycles. The predicted octanol–water partition coefficient (Wildman–Crippen LogP) is 26.8. The van der Waals surface area contributed by atoms with Crippen LogP contribution < -0.4 is 14.2 Å². The van der Waals surface area contributed by atoms with E-state index in [-0.39, 0.29) is 28.6 Å². The third-order valence-electron chi connectivity index (χ3n) is 14.2. The SMILES string of the molecule is C=CCCC(C)(C)C.C=Cc1c(F)c(F)c(OCC(C)(C)C)c(F)c1F.C=Cc1ccc(COC(C)(C)C)cc1.C=Cc1ccc(COCC(C)(C)C)cc1.C=Cc1ccc(COCc2ccc(OC(C)(C)C)cc2)cc1.C=Cc1ccc(OCC(C)(C)C)cc1.CC(C)(C)C1(F)C(F)(F)C1(F)F. The zero-order valence-corrected chi connectivity index (χ0v) is 65.5. The zero-order chi connectivity index (χ0) is 79.2. The number of hydrogen-bond donors (Lipinski definition) is 0. The Morgan fingerprint density at radius 3 is 0.942 bits per heavy atom. The summed E-state index contributed by atoms with van der Waals surface area (Å²) in [6.45, 7) is 66.1. The second-order valence-electron chi connectivity index (χ2n) is 32.8. The highest BCUT2D eigenvalue weighted by molar-refractivity contribution is 5.53. The maximum absolute atomic E-state index is 13.5. The van der Waals surface area contributed by atoms with Gasteiger partial charge < -0.3 is 28.4 Å².